The van der Waals surface area contributed by atoms with Crippen molar-refractivity contribution in [3.05, 3.63) is 60.2 Å². The van der Waals surface area contributed by atoms with Crippen LogP contribution in [0.2, 0.25) is 0 Å². The molecule has 1 amide bonds. The molecule has 0 aliphatic carbocycles. The number of hydrogen-bond donors (Lipinski definition) is 1. The van der Waals surface area contributed by atoms with E-state index in [0.717, 1.165) is 55.0 Å². The molecule has 1 aliphatic heterocycles. The van der Waals surface area contributed by atoms with Crippen LogP contribution < -0.4 is 0 Å². The van der Waals surface area contributed by atoms with Crippen LogP contribution in [0.1, 0.15) is 11.3 Å². The normalized spacial score (nSPS) is 15.9. The van der Waals surface area contributed by atoms with E-state index in [0.29, 0.717) is 6.42 Å². The van der Waals surface area contributed by atoms with Crippen molar-refractivity contribution in [2.24, 2.45) is 0 Å². The molecule has 2 aromatic heterocycles. The molecule has 24 heavy (non-hydrogen) atoms. The zero-order valence-corrected chi connectivity index (χ0v) is 13.6. The molecule has 0 spiro atoms. The summed E-state index contributed by atoms with van der Waals surface area (Å²) < 4.78 is 5.40. The minimum absolute atomic E-state index is 0.206. The summed E-state index contributed by atoms with van der Waals surface area (Å²) in [5.41, 5.74) is 2.16. The maximum absolute atomic E-state index is 12.6. The molecule has 3 aromatic rings. The van der Waals surface area contributed by atoms with Crippen LogP contribution in [0.15, 0.2) is 53.3 Å². The Kier molecular flexibility index (Phi) is 4.09. The van der Waals surface area contributed by atoms with Gasteiger partial charge < -0.3 is 14.3 Å². The van der Waals surface area contributed by atoms with Crippen molar-refractivity contribution in [2.75, 3.05) is 26.2 Å². The number of H-pyrrole nitrogens is 1. The number of benzene rings is 1. The van der Waals surface area contributed by atoms with Crippen molar-refractivity contribution in [3.8, 4) is 0 Å². The standard InChI is InChI=1S/C19H21N3O2/c23-19(12-15-13-20-18-6-2-1-5-17(15)18)22-9-7-21(8-10-22)14-16-4-3-11-24-16/h1-6,11,13,20H,7-10,12,14H2. The van der Waals surface area contributed by atoms with Gasteiger partial charge in [0.25, 0.3) is 0 Å². The number of fused-ring (bicyclic) bond motifs is 1. The van der Waals surface area contributed by atoms with E-state index in [1.165, 1.54) is 0 Å². The van der Waals surface area contributed by atoms with E-state index in [2.05, 4.69) is 16.0 Å². The molecular weight excluding hydrogens is 302 g/mol. The molecule has 0 radical (unpaired) electrons. The molecule has 3 heterocycles. The van der Waals surface area contributed by atoms with Crippen LogP contribution >= 0.6 is 0 Å². The van der Waals surface area contributed by atoms with Crippen molar-refractivity contribution in [2.45, 2.75) is 13.0 Å². The Balaban J connectivity index is 1.34. The van der Waals surface area contributed by atoms with E-state index in [-0.39, 0.29) is 5.91 Å². The summed E-state index contributed by atoms with van der Waals surface area (Å²) in [6.07, 6.45) is 4.12. The molecule has 5 nitrogen and oxygen atoms in total. The minimum atomic E-state index is 0.206. The van der Waals surface area contributed by atoms with Gasteiger partial charge in [0, 0.05) is 43.3 Å². The third kappa shape index (κ3) is 3.08. The van der Waals surface area contributed by atoms with Gasteiger partial charge in [0.15, 0.2) is 0 Å². The number of para-hydroxylation sites is 1. The largest absolute Gasteiger partial charge is 0.468 e. The van der Waals surface area contributed by atoms with Crippen molar-refractivity contribution in [1.29, 1.82) is 0 Å². The first-order chi connectivity index (χ1) is 11.8. The molecule has 4 rings (SSSR count). The lowest BCUT2D eigenvalue weighted by molar-refractivity contribution is -0.132. The third-order valence-electron chi connectivity index (χ3n) is 4.70. The summed E-state index contributed by atoms with van der Waals surface area (Å²) in [6.45, 7) is 4.15. The van der Waals surface area contributed by atoms with E-state index in [1.807, 2.05) is 41.4 Å². The van der Waals surface area contributed by atoms with Crippen molar-refractivity contribution in [3.63, 3.8) is 0 Å². The fraction of sp³-hybridized carbons (Fsp3) is 0.316. The first kappa shape index (κ1) is 15.0. The number of carbonyl (C=O) groups excluding carboxylic acids is 1. The number of nitrogens with one attached hydrogen (secondary N) is 1. The zero-order chi connectivity index (χ0) is 16.4. The molecule has 1 aromatic carbocycles. The molecule has 1 saturated heterocycles. The SMILES string of the molecule is O=C(Cc1c[nH]c2ccccc12)N1CCN(Cc2ccco2)CC1. The fourth-order valence-corrected chi connectivity index (χ4v) is 3.33. The lowest BCUT2D eigenvalue weighted by Crippen LogP contribution is -2.48. The van der Waals surface area contributed by atoms with Gasteiger partial charge in [-0.2, -0.15) is 0 Å². The van der Waals surface area contributed by atoms with Crippen LogP contribution in [0.25, 0.3) is 10.9 Å². The third-order valence-corrected chi connectivity index (χ3v) is 4.70. The highest BCUT2D eigenvalue weighted by atomic mass is 16.3. The maximum Gasteiger partial charge on any atom is 0.227 e. The van der Waals surface area contributed by atoms with Gasteiger partial charge in [-0.05, 0) is 23.8 Å². The van der Waals surface area contributed by atoms with Gasteiger partial charge in [-0.1, -0.05) is 18.2 Å². The number of nitrogens with zero attached hydrogens (tertiary/aromatic N) is 2. The van der Waals surface area contributed by atoms with E-state index < -0.39 is 0 Å². The first-order valence-electron chi connectivity index (χ1n) is 8.37. The summed E-state index contributed by atoms with van der Waals surface area (Å²) in [6, 6.07) is 12.0. The average molecular weight is 323 g/mol. The number of carbonyl (C=O) groups is 1. The molecule has 1 aliphatic rings. The Morgan fingerprint density at radius 2 is 1.92 bits per heavy atom. The molecule has 0 atom stereocenters. The van der Waals surface area contributed by atoms with Gasteiger partial charge in [0.05, 0.1) is 19.2 Å². The summed E-state index contributed by atoms with van der Waals surface area (Å²) in [4.78, 5) is 20.1. The van der Waals surface area contributed by atoms with E-state index in [4.69, 9.17) is 4.42 Å². The second-order valence-electron chi connectivity index (χ2n) is 6.27. The Morgan fingerprint density at radius 3 is 2.71 bits per heavy atom. The number of amides is 1. The van der Waals surface area contributed by atoms with Gasteiger partial charge in [-0.25, -0.2) is 0 Å². The molecule has 1 N–H and O–H groups in total. The predicted octanol–water partition coefficient (Wildman–Crippen LogP) is 2.65. The smallest absolute Gasteiger partial charge is 0.227 e. The van der Waals surface area contributed by atoms with E-state index in [9.17, 15) is 4.79 Å². The number of aromatic nitrogens is 1. The Morgan fingerprint density at radius 1 is 1.08 bits per heavy atom. The van der Waals surface area contributed by atoms with Gasteiger partial charge in [0.1, 0.15) is 5.76 Å². The molecule has 0 bridgehead atoms. The van der Waals surface area contributed by atoms with Gasteiger partial charge >= 0.3 is 0 Å². The molecular formula is C19H21N3O2. The van der Waals surface area contributed by atoms with Gasteiger partial charge in [-0.15, -0.1) is 0 Å². The van der Waals surface area contributed by atoms with Gasteiger partial charge in [0.2, 0.25) is 5.91 Å². The zero-order valence-electron chi connectivity index (χ0n) is 13.6. The summed E-state index contributed by atoms with van der Waals surface area (Å²) in [7, 11) is 0. The Labute approximate surface area is 140 Å². The minimum Gasteiger partial charge on any atom is -0.468 e. The van der Waals surface area contributed by atoms with Crippen LogP contribution in [-0.2, 0) is 17.8 Å². The number of piperazine rings is 1. The second-order valence-corrected chi connectivity index (χ2v) is 6.27. The van der Waals surface area contributed by atoms with Crippen molar-refractivity contribution >= 4 is 16.8 Å². The summed E-state index contributed by atoms with van der Waals surface area (Å²) in [5, 5.41) is 1.14. The van der Waals surface area contributed by atoms with Gasteiger partial charge in [-0.3, -0.25) is 9.69 Å². The van der Waals surface area contributed by atoms with Crippen LogP contribution in [0.3, 0.4) is 0 Å². The number of furan rings is 1. The predicted molar refractivity (Wildman–Crippen MR) is 92.6 cm³/mol. The fourth-order valence-electron chi connectivity index (χ4n) is 3.33. The Bertz CT molecular complexity index is 814. The highest BCUT2D eigenvalue weighted by molar-refractivity contribution is 5.88. The number of aromatic amines is 1. The summed E-state index contributed by atoms with van der Waals surface area (Å²) >= 11 is 0. The highest BCUT2D eigenvalue weighted by Crippen LogP contribution is 2.19. The van der Waals surface area contributed by atoms with Crippen molar-refractivity contribution < 1.29 is 9.21 Å². The molecule has 124 valence electrons. The first-order valence-corrected chi connectivity index (χ1v) is 8.37. The van der Waals surface area contributed by atoms with Crippen LogP contribution in [0, 0.1) is 0 Å². The van der Waals surface area contributed by atoms with E-state index in [1.54, 1.807) is 6.26 Å². The topological polar surface area (TPSA) is 52.5 Å². The highest BCUT2D eigenvalue weighted by Gasteiger charge is 2.22. The van der Waals surface area contributed by atoms with Crippen LogP contribution in [0.4, 0.5) is 0 Å². The lowest BCUT2D eigenvalue weighted by Gasteiger charge is -2.34. The maximum atomic E-state index is 12.6. The number of rotatable bonds is 4. The second kappa shape index (κ2) is 6.53. The number of hydrogen-bond acceptors (Lipinski definition) is 3. The Hall–Kier alpha value is -2.53. The molecule has 0 unspecified atom stereocenters. The van der Waals surface area contributed by atoms with Crippen LogP contribution in [-0.4, -0.2) is 46.9 Å². The molecule has 0 saturated carbocycles. The quantitative estimate of drug-likeness (QED) is 0.803. The lowest BCUT2D eigenvalue weighted by atomic mass is 10.1. The van der Waals surface area contributed by atoms with E-state index >= 15 is 0 Å². The van der Waals surface area contributed by atoms with Crippen LogP contribution in [0.5, 0.6) is 0 Å². The molecule has 1 fully saturated rings. The summed E-state index contributed by atoms with van der Waals surface area (Å²) in [5.74, 6) is 1.19. The molecule has 5 heteroatoms. The van der Waals surface area contributed by atoms with Crippen molar-refractivity contribution in [1.82, 2.24) is 14.8 Å². The average Bonchev–Trinajstić information content (AvgIpc) is 3.26. The monoisotopic (exact) mass is 323 g/mol.